The SMILES string of the molecule is COCCCN(CCOC)Cc1cc(Br)cc(C)c1O. The number of rotatable bonds is 9. The molecule has 0 unspecified atom stereocenters. The van der Waals surface area contributed by atoms with Gasteiger partial charge in [0, 0.05) is 50.5 Å². The van der Waals surface area contributed by atoms with Crippen LogP contribution in [0.1, 0.15) is 17.5 Å². The van der Waals surface area contributed by atoms with Crippen LogP contribution in [-0.2, 0) is 16.0 Å². The molecule has 0 aliphatic rings. The number of benzene rings is 1. The predicted octanol–water partition coefficient (Wildman–Crippen LogP) is 2.95. The molecule has 0 fully saturated rings. The van der Waals surface area contributed by atoms with Crippen molar-refractivity contribution in [3.8, 4) is 5.75 Å². The van der Waals surface area contributed by atoms with Gasteiger partial charge in [0.2, 0.25) is 0 Å². The van der Waals surface area contributed by atoms with Gasteiger partial charge in [-0.15, -0.1) is 0 Å². The second-order valence-corrected chi connectivity index (χ2v) is 5.76. The molecule has 1 N–H and O–H groups in total. The van der Waals surface area contributed by atoms with Gasteiger partial charge >= 0.3 is 0 Å². The van der Waals surface area contributed by atoms with Crippen molar-refractivity contribution in [3.63, 3.8) is 0 Å². The van der Waals surface area contributed by atoms with Gasteiger partial charge in [0.05, 0.1) is 6.61 Å². The summed E-state index contributed by atoms with van der Waals surface area (Å²) in [5.41, 5.74) is 1.82. The Hall–Kier alpha value is -0.620. The Morgan fingerprint density at radius 2 is 1.85 bits per heavy atom. The fraction of sp³-hybridized carbons (Fsp3) is 0.600. The maximum absolute atomic E-state index is 10.2. The average molecular weight is 346 g/mol. The van der Waals surface area contributed by atoms with E-state index in [2.05, 4.69) is 20.8 Å². The Kier molecular flexibility index (Phi) is 8.14. The van der Waals surface area contributed by atoms with Crippen LogP contribution in [0.2, 0.25) is 0 Å². The highest BCUT2D eigenvalue weighted by Crippen LogP contribution is 2.27. The van der Waals surface area contributed by atoms with Crippen molar-refractivity contribution in [2.24, 2.45) is 0 Å². The Labute approximate surface area is 129 Å². The lowest BCUT2D eigenvalue weighted by Crippen LogP contribution is -2.28. The van der Waals surface area contributed by atoms with E-state index in [1.54, 1.807) is 14.2 Å². The van der Waals surface area contributed by atoms with Gasteiger partial charge in [0.1, 0.15) is 5.75 Å². The number of ether oxygens (including phenoxy) is 2. The lowest BCUT2D eigenvalue weighted by molar-refractivity contribution is 0.128. The van der Waals surface area contributed by atoms with Gasteiger partial charge in [-0.25, -0.2) is 0 Å². The monoisotopic (exact) mass is 345 g/mol. The van der Waals surface area contributed by atoms with Crippen LogP contribution >= 0.6 is 15.9 Å². The molecule has 1 rings (SSSR count). The van der Waals surface area contributed by atoms with Crippen LogP contribution in [0.3, 0.4) is 0 Å². The highest BCUT2D eigenvalue weighted by atomic mass is 79.9. The minimum atomic E-state index is 0.377. The zero-order valence-electron chi connectivity index (χ0n) is 12.5. The first kappa shape index (κ1) is 17.4. The van der Waals surface area contributed by atoms with Crippen LogP contribution in [0.5, 0.6) is 5.75 Å². The van der Waals surface area contributed by atoms with Crippen LogP contribution in [-0.4, -0.2) is 50.5 Å². The molecule has 1 aromatic rings. The molecular formula is C15H24BrNO3. The van der Waals surface area contributed by atoms with Gasteiger partial charge in [-0.05, 0) is 31.0 Å². The van der Waals surface area contributed by atoms with Crippen molar-refractivity contribution in [1.82, 2.24) is 4.90 Å². The van der Waals surface area contributed by atoms with Crippen LogP contribution in [0, 0.1) is 6.92 Å². The molecule has 0 aliphatic heterocycles. The first-order valence-electron chi connectivity index (χ1n) is 6.76. The van der Waals surface area contributed by atoms with E-state index in [0.29, 0.717) is 18.9 Å². The molecule has 0 heterocycles. The highest BCUT2D eigenvalue weighted by Gasteiger charge is 2.11. The van der Waals surface area contributed by atoms with Crippen molar-refractivity contribution in [1.29, 1.82) is 0 Å². The van der Waals surface area contributed by atoms with Crippen molar-refractivity contribution in [2.75, 3.05) is 40.5 Å². The Balaban J connectivity index is 2.72. The molecule has 114 valence electrons. The molecule has 0 atom stereocenters. The Morgan fingerprint density at radius 3 is 2.50 bits per heavy atom. The number of nitrogens with zero attached hydrogens (tertiary/aromatic N) is 1. The number of hydrogen-bond donors (Lipinski definition) is 1. The van der Waals surface area contributed by atoms with E-state index < -0.39 is 0 Å². The standard InChI is InChI=1S/C15H24BrNO3/c1-12-9-14(16)10-13(15(12)18)11-17(6-8-20-3)5-4-7-19-2/h9-10,18H,4-8,11H2,1-3H3. The molecule has 1 aromatic carbocycles. The molecule has 4 nitrogen and oxygen atoms in total. The first-order chi connectivity index (χ1) is 9.58. The fourth-order valence-electron chi connectivity index (χ4n) is 2.09. The number of halogens is 1. The van der Waals surface area contributed by atoms with Crippen LogP contribution in [0.15, 0.2) is 16.6 Å². The summed E-state index contributed by atoms with van der Waals surface area (Å²) in [6.45, 7) is 5.80. The zero-order valence-corrected chi connectivity index (χ0v) is 14.1. The van der Waals surface area contributed by atoms with E-state index in [1.807, 2.05) is 19.1 Å². The minimum Gasteiger partial charge on any atom is -0.507 e. The Bertz CT molecular complexity index is 412. The van der Waals surface area contributed by atoms with Gasteiger partial charge in [0.25, 0.3) is 0 Å². The summed E-state index contributed by atoms with van der Waals surface area (Å²) < 4.78 is 11.2. The van der Waals surface area contributed by atoms with Crippen LogP contribution < -0.4 is 0 Å². The summed E-state index contributed by atoms with van der Waals surface area (Å²) in [5.74, 6) is 0.377. The van der Waals surface area contributed by atoms with E-state index in [9.17, 15) is 5.11 Å². The number of methoxy groups -OCH3 is 2. The third-order valence-corrected chi connectivity index (χ3v) is 3.63. The molecule has 0 bridgehead atoms. The minimum absolute atomic E-state index is 0.377. The maximum atomic E-state index is 10.2. The summed E-state index contributed by atoms with van der Waals surface area (Å²) in [7, 11) is 3.41. The molecule has 5 heteroatoms. The molecular weight excluding hydrogens is 322 g/mol. The molecule has 0 spiro atoms. The van der Waals surface area contributed by atoms with E-state index in [0.717, 1.165) is 41.7 Å². The number of phenols is 1. The van der Waals surface area contributed by atoms with Crippen molar-refractivity contribution in [3.05, 3.63) is 27.7 Å². The van der Waals surface area contributed by atoms with E-state index in [-0.39, 0.29) is 0 Å². The first-order valence-corrected chi connectivity index (χ1v) is 7.56. The van der Waals surface area contributed by atoms with Crippen LogP contribution in [0.25, 0.3) is 0 Å². The molecule has 0 aromatic heterocycles. The largest absolute Gasteiger partial charge is 0.507 e. The zero-order chi connectivity index (χ0) is 15.0. The van der Waals surface area contributed by atoms with Gasteiger partial charge in [0.15, 0.2) is 0 Å². The van der Waals surface area contributed by atoms with Crippen LogP contribution in [0.4, 0.5) is 0 Å². The molecule has 0 saturated heterocycles. The topological polar surface area (TPSA) is 41.9 Å². The molecule has 0 saturated carbocycles. The summed E-state index contributed by atoms with van der Waals surface area (Å²) in [5, 5.41) is 10.2. The fourth-order valence-corrected chi connectivity index (χ4v) is 2.71. The second kappa shape index (κ2) is 9.34. The van der Waals surface area contributed by atoms with E-state index >= 15 is 0 Å². The third kappa shape index (κ3) is 5.79. The lowest BCUT2D eigenvalue weighted by atomic mass is 10.1. The van der Waals surface area contributed by atoms with Crippen molar-refractivity contribution < 1.29 is 14.6 Å². The summed E-state index contributed by atoms with van der Waals surface area (Å²) in [4.78, 5) is 2.27. The molecule has 20 heavy (non-hydrogen) atoms. The van der Waals surface area contributed by atoms with Gasteiger partial charge in [-0.3, -0.25) is 4.90 Å². The summed E-state index contributed by atoms with van der Waals surface area (Å²) in [6.07, 6.45) is 0.966. The molecule has 0 radical (unpaired) electrons. The second-order valence-electron chi connectivity index (χ2n) is 4.85. The van der Waals surface area contributed by atoms with Crippen molar-refractivity contribution in [2.45, 2.75) is 19.9 Å². The number of aryl methyl sites for hydroxylation is 1. The Morgan fingerprint density at radius 1 is 1.15 bits per heavy atom. The van der Waals surface area contributed by atoms with Crippen molar-refractivity contribution >= 4 is 15.9 Å². The lowest BCUT2D eigenvalue weighted by Gasteiger charge is -2.23. The predicted molar refractivity (Wildman–Crippen MR) is 84.2 cm³/mol. The number of phenolic OH excluding ortho intramolecular Hbond substituents is 1. The quantitative estimate of drug-likeness (QED) is 0.698. The third-order valence-electron chi connectivity index (χ3n) is 3.17. The van der Waals surface area contributed by atoms with Gasteiger partial charge in [-0.2, -0.15) is 0 Å². The molecule has 0 amide bonds. The van der Waals surface area contributed by atoms with E-state index in [4.69, 9.17) is 9.47 Å². The average Bonchev–Trinajstić information content (AvgIpc) is 2.41. The number of aromatic hydroxyl groups is 1. The maximum Gasteiger partial charge on any atom is 0.123 e. The van der Waals surface area contributed by atoms with Gasteiger partial charge < -0.3 is 14.6 Å². The number of hydrogen-bond acceptors (Lipinski definition) is 4. The molecule has 0 aliphatic carbocycles. The summed E-state index contributed by atoms with van der Waals surface area (Å²) in [6, 6.07) is 3.89. The van der Waals surface area contributed by atoms with E-state index in [1.165, 1.54) is 0 Å². The normalized spacial score (nSPS) is 11.2. The van der Waals surface area contributed by atoms with Gasteiger partial charge in [-0.1, -0.05) is 15.9 Å². The smallest absolute Gasteiger partial charge is 0.123 e. The highest BCUT2D eigenvalue weighted by molar-refractivity contribution is 9.10. The summed E-state index contributed by atoms with van der Waals surface area (Å²) >= 11 is 3.48.